The molecule has 2 saturated heterocycles. The van der Waals surface area contributed by atoms with Gasteiger partial charge < -0.3 is 20.9 Å². The molecule has 192 valence electrons. The highest BCUT2D eigenvalue weighted by Gasteiger charge is 2.37. The highest BCUT2D eigenvalue weighted by molar-refractivity contribution is 6.31. The smallest absolute Gasteiger partial charge is 0.381 e. The molecule has 35 heavy (non-hydrogen) atoms. The predicted molar refractivity (Wildman–Crippen MR) is 128 cm³/mol. The lowest BCUT2D eigenvalue weighted by Crippen LogP contribution is -2.56. The average molecular weight is 517 g/mol. The number of nitrogens with two attached hydrogens (primary N) is 1. The summed E-state index contributed by atoms with van der Waals surface area (Å²) >= 11 is 5.87. The van der Waals surface area contributed by atoms with Crippen molar-refractivity contribution in [3.05, 3.63) is 40.9 Å². The topological polar surface area (TPSA) is 87.4 Å². The maximum Gasteiger partial charge on any atom is 0.416 e. The van der Waals surface area contributed by atoms with Gasteiger partial charge in [-0.1, -0.05) is 25.4 Å². The van der Waals surface area contributed by atoms with Crippen LogP contribution in [0.2, 0.25) is 5.02 Å². The van der Waals surface area contributed by atoms with Crippen molar-refractivity contribution in [1.82, 2.24) is 14.9 Å². The normalized spacial score (nSPS) is 20.8. The lowest BCUT2D eigenvalue weighted by molar-refractivity contribution is -0.137. The third kappa shape index (κ3) is 6.25. The molecule has 4 rings (SSSR count). The zero-order chi connectivity index (χ0) is 25.8. The molecule has 0 bridgehead atoms. The number of hydrogen-bond donors (Lipinski definition) is 2. The van der Waals surface area contributed by atoms with Gasteiger partial charge in [-0.2, -0.15) is 17.6 Å². The van der Waals surface area contributed by atoms with E-state index in [1.54, 1.807) is 9.80 Å². The number of piperidine rings is 2. The molecule has 3 N–H and O–H groups in total. The Morgan fingerprint density at radius 1 is 1.11 bits per heavy atom. The van der Waals surface area contributed by atoms with E-state index in [9.17, 15) is 22.4 Å². The number of halogens is 5. The zero-order valence-electron chi connectivity index (χ0n) is 19.6. The number of anilines is 3. The quantitative estimate of drug-likeness (QED) is 0.558. The Bertz CT molecular complexity index is 1040. The second kappa shape index (κ2) is 11.3. The monoisotopic (exact) mass is 516 g/mol. The summed E-state index contributed by atoms with van der Waals surface area (Å²) in [5.74, 6) is -1.03. The number of carbonyl (C=O) groups excluding carboxylic acids is 1. The first-order valence-electron chi connectivity index (χ1n) is 11.6. The first-order chi connectivity index (χ1) is 16.6. The number of amides is 1. The van der Waals surface area contributed by atoms with Crippen molar-refractivity contribution in [3.63, 3.8) is 0 Å². The van der Waals surface area contributed by atoms with Crippen molar-refractivity contribution in [2.45, 2.75) is 57.8 Å². The minimum atomic E-state index is -4.55. The second-order valence-electron chi connectivity index (χ2n) is 8.24. The summed E-state index contributed by atoms with van der Waals surface area (Å²) in [6.45, 7) is 5.46. The Labute approximate surface area is 206 Å². The molecule has 0 spiro atoms. The molecule has 2 fully saturated rings. The van der Waals surface area contributed by atoms with Gasteiger partial charge in [0.1, 0.15) is 12.4 Å². The Hall–Kier alpha value is -2.82. The molecule has 1 aromatic heterocycles. The number of likely N-dealkylation sites (tertiary alicyclic amines) is 1. The molecule has 3 heterocycles. The maximum absolute atomic E-state index is 14.4. The van der Waals surface area contributed by atoms with Crippen molar-refractivity contribution in [3.8, 4) is 0 Å². The van der Waals surface area contributed by atoms with Crippen molar-refractivity contribution in [2.75, 3.05) is 35.6 Å². The summed E-state index contributed by atoms with van der Waals surface area (Å²) < 4.78 is 53.8. The number of carbonyl (C=O) groups is 1. The molecule has 1 aromatic carbocycles. The maximum atomic E-state index is 14.4. The number of aromatic nitrogens is 2. The van der Waals surface area contributed by atoms with E-state index in [1.165, 1.54) is 12.4 Å². The molecule has 2 unspecified atom stereocenters. The molecule has 2 aliphatic heterocycles. The summed E-state index contributed by atoms with van der Waals surface area (Å²) in [4.78, 5) is 24.4. The van der Waals surface area contributed by atoms with Crippen LogP contribution in [-0.4, -0.2) is 52.5 Å². The Morgan fingerprint density at radius 3 is 2.54 bits per heavy atom. The minimum Gasteiger partial charge on any atom is -0.381 e. The molecular formula is C23H29ClF4N6O. The number of nitrogens with one attached hydrogen (secondary N) is 1. The third-order valence-corrected chi connectivity index (χ3v) is 6.19. The third-order valence-electron chi connectivity index (χ3n) is 5.97. The number of nitrogens with zero attached hydrogens (tertiary/aromatic N) is 4. The van der Waals surface area contributed by atoms with Crippen molar-refractivity contribution >= 4 is 34.8 Å². The Kier molecular flexibility index (Phi) is 8.63. The van der Waals surface area contributed by atoms with Gasteiger partial charge >= 0.3 is 6.18 Å². The molecule has 0 saturated carbocycles. The van der Waals surface area contributed by atoms with Crippen LogP contribution in [-0.2, 0) is 11.0 Å². The highest BCUT2D eigenvalue weighted by atomic mass is 35.5. The summed E-state index contributed by atoms with van der Waals surface area (Å²) in [6.07, 6.45) is -0.734. The summed E-state index contributed by atoms with van der Waals surface area (Å²) in [6, 6.07) is 2.30. The van der Waals surface area contributed by atoms with E-state index < -0.39 is 23.6 Å². The fraction of sp³-hybridized carbons (Fsp3) is 0.522. The van der Waals surface area contributed by atoms with E-state index in [2.05, 4.69) is 15.3 Å². The average Bonchev–Trinajstić information content (AvgIpc) is 2.83. The number of hydrogen-bond acceptors (Lipinski definition) is 6. The lowest BCUT2D eigenvalue weighted by atomic mass is 9.97. The highest BCUT2D eigenvalue weighted by Crippen LogP contribution is 2.34. The standard InChI is InChI=1S/C21H23ClF4N6O.C2H6/c22-13-7-12(21(24,25)26)8-14(9-13)30-16-4-2-6-32(20(16)33)15-3-1-5-31(10-15)19-17(23)18(27)28-11-29-19;1-2/h7-9,11,15-16,30H,1-6,10H2,(H2,27,28,29);1-2H3. The van der Waals surface area contributed by atoms with Gasteiger partial charge in [-0.05, 0) is 43.9 Å². The van der Waals surface area contributed by atoms with Gasteiger partial charge in [-0.15, -0.1) is 0 Å². The van der Waals surface area contributed by atoms with E-state index in [-0.39, 0.29) is 34.3 Å². The van der Waals surface area contributed by atoms with Crippen LogP contribution < -0.4 is 16.0 Å². The van der Waals surface area contributed by atoms with Gasteiger partial charge in [0.15, 0.2) is 11.6 Å². The van der Waals surface area contributed by atoms with Crippen LogP contribution in [0.25, 0.3) is 0 Å². The van der Waals surface area contributed by atoms with Crippen LogP contribution in [0.3, 0.4) is 0 Å². The van der Waals surface area contributed by atoms with E-state index in [0.29, 0.717) is 32.5 Å². The van der Waals surface area contributed by atoms with Gasteiger partial charge in [-0.25, -0.2) is 9.97 Å². The second-order valence-corrected chi connectivity index (χ2v) is 8.67. The van der Waals surface area contributed by atoms with Crippen LogP contribution in [0, 0.1) is 5.82 Å². The molecule has 7 nitrogen and oxygen atoms in total. The SMILES string of the molecule is CC.Nc1ncnc(N2CCCC(N3CCCC(Nc4cc(Cl)cc(C(F)(F)F)c4)C3=O)C2)c1F. The largest absolute Gasteiger partial charge is 0.416 e. The summed E-state index contributed by atoms with van der Waals surface area (Å²) in [5.41, 5.74) is 4.82. The van der Waals surface area contributed by atoms with Gasteiger partial charge in [-0.3, -0.25) is 4.79 Å². The van der Waals surface area contributed by atoms with Crippen LogP contribution in [0.15, 0.2) is 24.5 Å². The molecule has 12 heteroatoms. The molecule has 2 atom stereocenters. The summed E-state index contributed by atoms with van der Waals surface area (Å²) in [7, 11) is 0. The van der Waals surface area contributed by atoms with Crippen molar-refractivity contribution < 1.29 is 22.4 Å². The van der Waals surface area contributed by atoms with E-state index in [1.807, 2.05) is 13.8 Å². The van der Waals surface area contributed by atoms with Gasteiger partial charge in [0.25, 0.3) is 0 Å². The zero-order valence-corrected chi connectivity index (χ0v) is 20.3. The van der Waals surface area contributed by atoms with E-state index >= 15 is 0 Å². The van der Waals surface area contributed by atoms with Crippen molar-refractivity contribution in [2.24, 2.45) is 0 Å². The van der Waals surface area contributed by atoms with Crippen LogP contribution in [0.5, 0.6) is 0 Å². The number of benzene rings is 1. The van der Waals surface area contributed by atoms with Crippen LogP contribution in [0.1, 0.15) is 45.1 Å². The Balaban J connectivity index is 0.00000167. The van der Waals surface area contributed by atoms with E-state index in [4.69, 9.17) is 17.3 Å². The first kappa shape index (κ1) is 26.8. The summed E-state index contributed by atoms with van der Waals surface area (Å²) in [5, 5.41) is 2.86. The van der Waals surface area contributed by atoms with Crippen molar-refractivity contribution in [1.29, 1.82) is 0 Å². The fourth-order valence-corrected chi connectivity index (χ4v) is 4.66. The molecule has 2 aromatic rings. The van der Waals surface area contributed by atoms with Crippen LogP contribution >= 0.6 is 11.6 Å². The van der Waals surface area contributed by atoms with Gasteiger partial charge in [0.05, 0.1) is 5.56 Å². The number of nitrogen functional groups attached to an aromatic ring is 1. The predicted octanol–water partition coefficient (Wildman–Crippen LogP) is 4.97. The van der Waals surface area contributed by atoms with E-state index in [0.717, 1.165) is 25.0 Å². The molecule has 2 aliphatic rings. The lowest BCUT2D eigenvalue weighted by Gasteiger charge is -2.43. The fourth-order valence-electron chi connectivity index (χ4n) is 4.43. The molecule has 0 aliphatic carbocycles. The molecular weight excluding hydrogens is 488 g/mol. The minimum absolute atomic E-state index is 0.0680. The number of alkyl halides is 3. The Morgan fingerprint density at radius 2 is 1.83 bits per heavy atom. The molecule has 1 amide bonds. The molecule has 0 radical (unpaired) electrons. The number of rotatable bonds is 4. The van der Waals surface area contributed by atoms with Gasteiger partial charge in [0.2, 0.25) is 11.7 Å². The van der Waals surface area contributed by atoms with Crippen LogP contribution in [0.4, 0.5) is 34.9 Å². The first-order valence-corrected chi connectivity index (χ1v) is 12.0. The van der Waals surface area contributed by atoms with Gasteiger partial charge in [0, 0.05) is 36.4 Å².